The Balaban J connectivity index is 1.99. The predicted octanol–water partition coefficient (Wildman–Crippen LogP) is 3.07. The zero-order chi connectivity index (χ0) is 14.4. The van der Waals surface area contributed by atoms with Crippen LogP contribution in [-0.2, 0) is 6.54 Å². The number of nitrogens with one attached hydrogen (secondary N) is 1. The van der Waals surface area contributed by atoms with Crippen LogP contribution in [0.5, 0.6) is 0 Å². The molecule has 1 saturated heterocycles. The van der Waals surface area contributed by atoms with Crippen molar-refractivity contribution in [3.8, 4) is 0 Å². The molecule has 0 aromatic carbocycles. The van der Waals surface area contributed by atoms with Gasteiger partial charge in [-0.15, -0.1) is 0 Å². The van der Waals surface area contributed by atoms with Crippen LogP contribution >= 0.6 is 0 Å². The van der Waals surface area contributed by atoms with Crippen LogP contribution in [-0.4, -0.2) is 35.1 Å². The molecule has 0 saturated carbocycles. The molecule has 20 heavy (non-hydrogen) atoms. The van der Waals surface area contributed by atoms with E-state index in [2.05, 4.69) is 42.0 Å². The van der Waals surface area contributed by atoms with Crippen LogP contribution in [0.3, 0.4) is 0 Å². The molecule has 1 aromatic rings. The Morgan fingerprint density at radius 2 is 2.30 bits per heavy atom. The third kappa shape index (κ3) is 4.57. The van der Waals surface area contributed by atoms with Crippen molar-refractivity contribution >= 4 is 0 Å². The molecule has 0 amide bonds. The first-order valence-electron chi connectivity index (χ1n) is 8.05. The van der Waals surface area contributed by atoms with Crippen molar-refractivity contribution in [2.75, 3.05) is 13.1 Å². The maximum absolute atomic E-state index is 4.25. The number of hydrogen-bond acceptors (Lipinski definition) is 3. The molecule has 0 aliphatic carbocycles. The molecule has 1 N–H and O–H groups in total. The molecular formula is C17H29N3. The van der Waals surface area contributed by atoms with Crippen molar-refractivity contribution in [2.45, 2.75) is 58.7 Å². The number of rotatable bonds is 6. The summed E-state index contributed by atoms with van der Waals surface area (Å²) in [5.74, 6) is 0.760. The van der Waals surface area contributed by atoms with Crippen LogP contribution < -0.4 is 5.32 Å². The highest BCUT2D eigenvalue weighted by Crippen LogP contribution is 2.18. The highest BCUT2D eigenvalue weighted by molar-refractivity contribution is 5.09. The maximum Gasteiger partial charge on any atom is 0.0312 e. The lowest BCUT2D eigenvalue weighted by Gasteiger charge is -2.41. The highest BCUT2D eigenvalue weighted by atomic mass is 15.2. The van der Waals surface area contributed by atoms with E-state index in [-0.39, 0.29) is 0 Å². The Bertz CT molecular complexity index is 377. The van der Waals surface area contributed by atoms with Crippen LogP contribution in [0.15, 0.2) is 24.5 Å². The molecule has 0 bridgehead atoms. The summed E-state index contributed by atoms with van der Waals surface area (Å²) >= 11 is 0. The minimum Gasteiger partial charge on any atom is -0.311 e. The second-order valence-electron chi connectivity index (χ2n) is 6.47. The smallest absolute Gasteiger partial charge is 0.0312 e. The highest BCUT2D eigenvalue weighted by Gasteiger charge is 2.27. The van der Waals surface area contributed by atoms with E-state index in [1.54, 1.807) is 0 Å². The van der Waals surface area contributed by atoms with Gasteiger partial charge in [0.1, 0.15) is 0 Å². The van der Waals surface area contributed by atoms with Crippen molar-refractivity contribution in [1.29, 1.82) is 0 Å². The largest absolute Gasteiger partial charge is 0.311 e. The summed E-state index contributed by atoms with van der Waals surface area (Å²) in [4.78, 5) is 6.90. The van der Waals surface area contributed by atoms with Gasteiger partial charge in [-0.2, -0.15) is 0 Å². The molecule has 3 nitrogen and oxygen atoms in total. The standard InChI is InChI=1S/C17H29N3/c1-4-6-17-11-19-16(9-14(2)3)13-20(17)12-15-7-5-8-18-10-15/h5,7-8,10,14,16-17,19H,4,6,9,11-13H2,1-3H3. The summed E-state index contributed by atoms with van der Waals surface area (Å²) in [6.45, 7) is 10.2. The Hall–Kier alpha value is -0.930. The summed E-state index contributed by atoms with van der Waals surface area (Å²) in [6.07, 6.45) is 7.66. The summed E-state index contributed by atoms with van der Waals surface area (Å²) < 4.78 is 0. The average Bonchev–Trinajstić information content (AvgIpc) is 2.42. The molecule has 0 radical (unpaired) electrons. The van der Waals surface area contributed by atoms with Crippen molar-refractivity contribution in [3.05, 3.63) is 30.1 Å². The Morgan fingerprint density at radius 1 is 1.45 bits per heavy atom. The second kappa shape index (κ2) is 7.75. The van der Waals surface area contributed by atoms with E-state index in [0.717, 1.165) is 25.6 Å². The first kappa shape index (κ1) is 15.5. The van der Waals surface area contributed by atoms with Gasteiger partial charge in [-0.05, 0) is 30.4 Å². The van der Waals surface area contributed by atoms with Crippen molar-refractivity contribution < 1.29 is 0 Å². The van der Waals surface area contributed by atoms with Gasteiger partial charge in [0.2, 0.25) is 0 Å². The number of pyridine rings is 1. The summed E-state index contributed by atoms with van der Waals surface area (Å²) in [7, 11) is 0. The Kier molecular flexibility index (Phi) is 5.99. The fourth-order valence-corrected chi connectivity index (χ4v) is 3.19. The van der Waals surface area contributed by atoms with E-state index in [1.807, 2.05) is 18.5 Å². The monoisotopic (exact) mass is 275 g/mol. The number of nitrogens with zero attached hydrogens (tertiary/aromatic N) is 2. The predicted molar refractivity (Wildman–Crippen MR) is 84.6 cm³/mol. The lowest BCUT2D eigenvalue weighted by molar-refractivity contribution is 0.107. The summed E-state index contributed by atoms with van der Waals surface area (Å²) in [5.41, 5.74) is 1.33. The minimum absolute atomic E-state index is 0.639. The molecule has 2 atom stereocenters. The van der Waals surface area contributed by atoms with Crippen molar-refractivity contribution in [3.63, 3.8) is 0 Å². The van der Waals surface area contributed by atoms with Gasteiger partial charge in [0.15, 0.2) is 0 Å². The normalized spacial score (nSPS) is 24.2. The fraction of sp³-hybridized carbons (Fsp3) is 0.706. The molecule has 0 spiro atoms. The zero-order valence-electron chi connectivity index (χ0n) is 13.2. The lowest BCUT2D eigenvalue weighted by atomic mass is 9.98. The zero-order valence-corrected chi connectivity index (χ0v) is 13.2. The number of piperazine rings is 1. The summed E-state index contributed by atoms with van der Waals surface area (Å²) in [5, 5.41) is 3.74. The third-order valence-corrected chi connectivity index (χ3v) is 4.10. The Morgan fingerprint density at radius 3 is 2.95 bits per heavy atom. The first-order chi connectivity index (χ1) is 9.69. The van der Waals surface area contributed by atoms with Gasteiger partial charge >= 0.3 is 0 Å². The van der Waals surface area contributed by atoms with Gasteiger partial charge in [-0.3, -0.25) is 9.88 Å². The van der Waals surface area contributed by atoms with E-state index in [4.69, 9.17) is 0 Å². The quantitative estimate of drug-likeness (QED) is 0.865. The van der Waals surface area contributed by atoms with Crippen LogP contribution in [0, 0.1) is 5.92 Å². The second-order valence-corrected chi connectivity index (χ2v) is 6.47. The van der Waals surface area contributed by atoms with Crippen molar-refractivity contribution in [1.82, 2.24) is 15.2 Å². The van der Waals surface area contributed by atoms with Crippen LogP contribution in [0.2, 0.25) is 0 Å². The van der Waals surface area contributed by atoms with Crippen LogP contribution in [0.25, 0.3) is 0 Å². The molecular weight excluding hydrogens is 246 g/mol. The molecule has 1 aromatic heterocycles. The molecule has 2 rings (SSSR count). The first-order valence-corrected chi connectivity index (χ1v) is 8.05. The van der Waals surface area contributed by atoms with Gasteiger partial charge in [0, 0.05) is 44.1 Å². The molecule has 1 aliphatic heterocycles. The molecule has 1 aliphatic rings. The van der Waals surface area contributed by atoms with Gasteiger partial charge in [-0.25, -0.2) is 0 Å². The summed E-state index contributed by atoms with van der Waals surface area (Å²) in [6, 6.07) is 5.54. The number of aromatic nitrogens is 1. The van der Waals surface area contributed by atoms with Gasteiger partial charge in [-0.1, -0.05) is 33.3 Å². The minimum atomic E-state index is 0.639. The van der Waals surface area contributed by atoms with Gasteiger partial charge < -0.3 is 5.32 Å². The molecule has 112 valence electrons. The Labute approximate surface area is 123 Å². The molecule has 3 heteroatoms. The van der Waals surface area contributed by atoms with Gasteiger partial charge in [0.05, 0.1) is 0 Å². The van der Waals surface area contributed by atoms with E-state index < -0.39 is 0 Å². The van der Waals surface area contributed by atoms with Crippen molar-refractivity contribution in [2.24, 2.45) is 5.92 Å². The topological polar surface area (TPSA) is 28.2 Å². The average molecular weight is 275 g/mol. The SMILES string of the molecule is CCCC1CNC(CC(C)C)CN1Cc1cccnc1. The molecule has 1 fully saturated rings. The lowest BCUT2D eigenvalue weighted by Crippen LogP contribution is -2.56. The maximum atomic E-state index is 4.25. The van der Waals surface area contributed by atoms with Crippen LogP contribution in [0.1, 0.15) is 45.6 Å². The van der Waals surface area contributed by atoms with E-state index in [1.165, 1.54) is 24.8 Å². The van der Waals surface area contributed by atoms with Gasteiger partial charge in [0.25, 0.3) is 0 Å². The van der Waals surface area contributed by atoms with E-state index >= 15 is 0 Å². The van der Waals surface area contributed by atoms with E-state index in [0.29, 0.717) is 12.1 Å². The number of hydrogen-bond donors (Lipinski definition) is 1. The third-order valence-electron chi connectivity index (χ3n) is 4.10. The van der Waals surface area contributed by atoms with Crippen LogP contribution in [0.4, 0.5) is 0 Å². The molecule has 2 heterocycles. The fourth-order valence-electron chi connectivity index (χ4n) is 3.19. The molecule has 2 unspecified atom stereocenters. The van der Waals surface area contributed by atoms with E-state index in [9.17, 15) is 0 Å².